The first-order valence-corrected chi connectivity index (χ1v) is 4.00. The monoisotopic (exact) mass is 142 g/mol. The average molecular weight is 142 g/mol. The summed E-state index contributed by atoms with van der Waals surface area (Å²) < 4.78 is 0. The van der Waals surface area contributed by atoms with Crippen molar-refractivity contribution < 1.29 is 0 Å². The van der Waals surface area contributed by atoms with Crippen LogP contribution in [0.25, 0.3) is 0 Å². The van der Waals surface area contributed by atoms with Gasteiger partial charge in [0.1, 0.15) is 0 Å². The minimum absolute atomic E-state index is 0.899. The van der Waals surface area contributed by atoms with Crippen LogP contribution in [0.2, 0.25) is 0 Å². The highest BCUT2D eigenvalue weighted by Gasteiger charge is 1.95. The third-order valence-corrected chi connectivity index (χ3v) is 1.68. The highest BCUT2D eigenvalue weighted by molar-refractivity contribution is 5.22. The van der Waals surface area contributed by atoms with E-state index in [1.54, 1.807) is 0 Å². The predicted molar refractivity (Wildman–Crippen MR) is 46.8 cm³/mol. The predicted octanol–water partition coefficient (Wildman–Crippen LogP) is 1.42. The Bertz CT molecular complexity index is 77.3. The molecule has 10 heavy (non-hydrogen) atoms. The SMILES string of the molecule is C=NCCCN(CC)CC. The van der Waals surface area contributed by atoms with Crippen LogP contribution in [-0.2, 0) is 0 Å². The van der Waals surface area contributed by atoms with E-state index in [-0.39, 0.29) is 0 Å². The Morgan fingerprint density at radius 3 is 2.30 bits per heavy atom. The van der Waals surface area contributed by atoms with E-state index in [1.165, 1.54) is 0 Å². The van der Waals surface area contributed by atoms with Crippen molar-refractivity contribution in [3.05, 3.63) is 0 Å². The Morgan fingerprint density at radius 1 is 1.30 bits per heavy atom. The van der Waals surface area contributed by atoms with Gasteiger partial charge in [-0.2, -0.15) is 0 Å². The van der Waals surface area contributed by atoms with Crippen molar-refractivity contribution in [3.8, 4) is 0 Å². The van der Waals surface area contributed by atoms with Gasteiger partial charge in [-0.05, 0) is 32.8 Å². The quantitative estimate of drug-likeness (QED) is 0.404. The van der Waals surface area contributed by atoms with E-state index in [9.17, 15) is 0 Å². The lowest BCUT2D eigenvalue weighted by Crippen LogP contribution is -2.24. The molecule has 0 spiro atoms. The van der Waals surface area contributed by atoms with Gasteiger partial charge in [-0.15, -0.1) is 0 Å². The largest absolute Gasteiger partial charge is 0.304 e. The summed E-state index contributed by atoms with van der Waals surface area (Å²) >= 11 is 0. The summed E-state index contributed by atoms with van der Waals surface area (Å²) in [5, 5.41) is 0. The lowest BCUT2D eigenvalue weighted by molar-refractivity contribution is 0.302. The normalized spacial score (nSPS) is 10.3. The summed E-state index contributed by atoms with van der Waals surface area (Å²) in [6, 6.07) is 0. The number of nitrogens with zero attached hydrogens (tertiary/aromatic N) is 2. The molecule has 0 aromatic carbocycles. The molecule has 0 radical (unpaired) electrons. The highest BCUT2D eigenvalue weighted by Crippen LogP contribution is 1.89. The second-order valence-electron chi connectivity index (χ2n) is 2.33. The molecule has 0 aliphatic heterocycles. The highest BCUT2D eigenvalue weighted by atomic mass is 15.1. The van der Waals surface area contributed by atoms with Gasteiger partial charge < -0.3 is 9.89 Å². The molecule has 60 valence electrons. The maximum Gasteiger partial charge on any atom is 0.0394 e. The molecule has 2 heteroatoms. The van der Waals surface area contributed by atoms with E-state index in [0.29, 0.717) is 0 Å². The molecular weight excluding hydrogens is 124 g/mol. The van der Waals surface area contributed by atoms with Crippen LogP contribution in [0.5, 0.6) is 0 Å². The van der Waals surface area contributed by atoms with Gasteiger partial charge in [-0.1, -0.05) is 13.8 Å². The molecule has 0 aromatic rings. The summed E-state index contributed by atoms with van der Waals surface area (Å²) in [6.45, 7) is 12.2. The van der Waals surface area contributed by atoms with Crippen molar-refractivity contribution in [2.75, 3.05) is 26.2 Å². The molecule has 0 aromatic heterocycles. The Balaban J connectivity index is 3.16. The van der Waals surface area contributed by atoms with Crippen LogP contribution >= 0.6 is 0 Å². The Kier molecular flexibility index (Phi) is 6.50. The fourth-order valence-corrected chi connectivity index (χ4v) is 0.946. The molecule has 0 atom stereocenters. The molecular formula is C8H18N2. The van der Waals surface area contributed by atoms with E-state index in [4.69, 9.17) is 0 Å². The first-order chi connectivity index (χ1) is 4.85. The zero-order valence-corrected chi connectivity index (χ0v) is 7.14. The van der Waals surface area contributed by atoms with E-state index >= 15 is 0 Å². The van der Waals surface area contributed by atoms with Crippen molar-refractivity contribution >= 4 is 6.72 Å². The number of hydrogen-bond acceptors (Lipinski definition) is 2. The zero-order valence-electron chi connectivity index (χ0n) is 7.14. The number of rotatable bonds is 6. The first-order valence-electron chi connectivity index (χ1n) is 4.00. The van der Waals surface area contributed by atoms with E-state index < -0.39 is 0 Å². The molecule has 0 heterocycles. The first kappa shape index (κ1) is 9.63. The number of hydrogen-bond donors (Lipinski definition) is 0. The summed E-state index contributed by atoms with van der Waals surface area (Å²) in [4.78, 5) is 6.19. The molecule has 0 N–H and O–H groups in total. The third-order valence-electron chi connectivity index (χ3n) is 1.68. The van der Waals surface area contributed by atoms with Gasteiger partial charge in [0, 0.05) is 6.54 Å². The van der Waals surface area contributed by atoms with Gasteiger partial charge in [0.25, 0.3) is 0 Å². The maximum absolute atomic E-state index is 3.80. The van der Waals surface area contributed by atoms with Gasteiger partial charge in [-0.25, -0.2) is 0 Å². The van der Waals surface area contributed by atoms with Crippen molar-refractivity contribution in [2.24, 2.45) is 4.99 Å². The van der Waals surface area contributed by atoms with Gasteiger partial charge in [0.15, 0.2) is 0 Å². The Labute approximate surface area is 63.9 Å². The van der Waals surface area contributed by atoms with Crippen LogP contribution < -0.4 is 0 Å². The molecule has 0 saturated heterocycles. The van der Waals surface area contributed by atoms with E-state index in [1.807, 2.05) is 0 Å². The summed E-state index contributed by atoms with van der Waals surface area (Å²) in [5.74, 6) is 0. The standard InChI is InChI=1S/C8H18N2/c1-4-10(5-2)8-6-7-9-3/h3-8H2,1-2H3. The molecule has 0 aliphatic rings. The second-order valence-corrected chi connectivity index (χ2v) is 2.33. The summed E-state index contributed by atoms with van der Waals surface area (Å²) in [5.41, 5.74) is 0. The topological polar surface area (TPSA) is 15.6 Å². The van der Waals surface area contributed by atoms with Crippen LogP contribution in [0.3, 0.4) is 0 Å². The van der Waals surface area contributed by atoms with E-state index in [0.717, 1.165) is 32.6 Å². The number of aliphatic imine (C=N–C) groups is 1. The van der Waals surface area contributed by atoms with Crippen molar-refractivity contribution in [1.29, 1.82) is 0 Å². The minimum Gasteiger partial charge on any atom is -0.304 e. The van der Waals surface area contributed by atoms with Crippen LogP contribution in [-0.4, -0.2) is 37.8 Å². The molecule has 0 amide bonds. The van der Waals surface area contributed by atoms with Gasteiger partial charge >= 0.3 is 0 Å². The average Bonchev–Trinajstić information content (AvgIpc) is 1.99. The molecule has 0 aliphatic carbocycles. The zero-order chi connectivity index (χ0) is 7.82. The van der Waals surface area contributed by atoms with Crippen LogP contribution in [0, 0.1) is 0 Å². The molecule has 0 rings (SSSR count). The Morgan fingerprint density at radius 2 is 1.90 bits per heavy atom. The second kappa shape index (κ2) is 6.75. The lowest BCUT2D eigenvalue weighted by atomic mass is 10.4. The minimum atomic E-state index is 0.899. The summed E-state index contributed by atoms with van der Waals surface area (Å²) in [6.07, 6.45) is 1.14. The van der Waals surface area contributed by atoms with Crippen LogP contribution in [0.4, 0.5) is 0 Å². The molecule has 0 saturated carbocycles. The van der Waals surface area contributed by atoms with E-state index in [2.05, 4.69) is 30.5 Å². The molecule has 0 unspecified atom stereocenters. The van der Waals surface area contributed by atoms with Crippen molar-refractivity contribution in [2.45, 2.75) is 20.3 Å². The van der Waals surface area contributed by atoms with Gasteiger partial charge in [0.05, 0.1) is 0 Å². The van der Waals surface area contributed by atoms with Crippen molar-refractivity contribution in [1.82, 2.24) is 4.90 Å². The van der Waals surface area contributed by atoms with Crippen LogP contribution in [0.1, 0.15) is 20.3 Å². The van der Waals surface area contributed by atoms with Crippen LogP contribution in [0.15, 0.2) is 4.99 Å². The lowest BCUT2D eigenvalue weighted by Gasteiger charge is -2.16. The third kappa shape index (κ3) is 4.50. The fourth-order valence-electron chi connectivity index (χ4n) is 0.946. The molecule has 0 fully saturated rings. The molecule has 2 nitrogen and oxygen atoms in total. The van der Waals surface area contributed by atoms with Crippen molar-refractivity contribution in [3.63, 3.8) is 0 Å². The summed E-state index contributed by atoms with van der Waals surface area (Å²) in [7, 11) is 0. The van der Waals surface area contributed by atoms with Gasteiger partial charge in [0.2, 0.25) is 0 Å². The maximum atomic E-state index is 3.80. The fraction of sp³-hybridized carbons (Fsp3) is 0.875. The smallest absolute Gasteiger partial charge is 0.0394 e. The molecule has 0 bridgehead atoms. The Hall–Kier alpha value is -0.370. The van der Waals surface area contributed by atoms with Gasteiger partial charge in [-0.3, -0.25) is 0 Å².